The van der Waals surface area contributed by atoms with Gasteiger partial charge in [-0.2, -0.15) is 4.57 Å². The summed E-state index contributed by atoms with van der Waals surface area (Å²) in [4.78, 5) is 4.96. The van der Waals surface area contributed by atoms with Crippen LogP contribution in [0.15, 0.2) is 134 Å². The molecule has 8 aromatic rings. The van der Waals surface area contributed by atoms with Crippen molar-refractivity contribution in [3.8, 4) is 22.6 Å². The minimum Gasteiger partial charge on any atom is -0.294 e. The summed E-state index contributed by atoms with van der Waals surface area (Å²) in [6.07, 6.45) is 4.20. The van der Waals surface area contributed by atoms with Crippen molar-refractivity contribution >= 4 is 32.8 Å². The zero-order chi connectivity index (χ0) is 34.1. The molecule has 3 aromatic heterocycles. The Bertz CT molecular complexity index is 2520. The maximum Gasteiger partial charge on any atom is 0.250 e. The van der Waals surface area contributed by atoms with Gasteiger partial charge in [-0.05, 0) is 117 Å². The molecule has 4 heteroatoms. The molecular weight excluding hydrogens is 597 g/mol. The van der Waals surface area contributed by atoms with E-state index in [-0.39, 0.29) is 11.0 Å². The fraction of sp³-hybridized carbons (Fsp3) is 0.200. The van der Waals surface area contributed by atoms with Gasteiger partial charge in [0.25, 0.3) is 0 Å². The van der Waals surface area contributed by atoms with Crippen LogP contribution in [0.4, 0.5) is 0 Å². The van der Waals surface area contributed by atoms with E-state index in [4.69, 9.17) is 4.98 Å². The van der Waals surface area contributed by atoms with Crippen LogP contribution in [-0.4, -0.2) is 14.1 Å². The maximum atomic E-state index is 4.96. The van der Waals surface area contributed by atoms with Gasteiger partial charge in [0.2, 0.25) is 6.33 Å². The number of pyridine rings is 1. The number of aromatic nitrogens is 4. The average Bonchev–Trinajstić information content (AvgIpc) is 3.65. The van der Waals surface area contributed by atoms with Gasteiger partial charge in [0.1, 0.15) is 17.0 Å². The van der Waals surface area contributed by atoms with Gasteiger partial charge in [0, 0.05) is 22.4 Å². The van der Waals surface area contributed by atoms with Crippen molar-refractivity contribution in [2.75, 3.05) is 0 Å². The number of aryl methyl sites for hydroxylation is 2. The zero-order valence-electron chi connectivity index (χ0n) is 29.5. The largest absolute Gasteiger partial charge is 0.294 e. The summed E-state index contributed by atoms with van der Waals surface area (Å²) in [6.45, 7) is 15.8. The molecule has 0 N–H and O–H groups in total. The van der Waals surface area contributed by atoms with Crippen molar-refractivity contribution in [3.63, 3.8) is 0 Å². The lowest BCUT2D eigenvalue weighted by atomic mass is 9.77. The van der Waals surface area contributed by atoms with Crippen LogP contribution < -0.4 is 4.57 Å². The third-order valence-electron chi connectivity index (χ3n) is 10.3. The molecule has 0 spiro atoms. The molecule has 242 valence electrons. The molecule has 0 radical (unpaired) electrons. The van der Waals surface area contributed by atoms with Crippen LogP contribution in [0.25, 0.3) is 55.5 Å². The van der Waals surface area contributed by atoms with Gasteiger partial charge in [-0.3, -0.25) is 4.57 Å². The van der Waals surface area contributed by atoms with Gasteiger partial charge >= 0.3 is 0 Å². The summed E-state index contributed by atoms with van der Waals surface area (Å²) < 4.78 is 7.04. The minimum atomic E-state index is -0.262. The Labute approximate surface area is 288 Å². The number of para-hydroxylation sites is 3. The summed E-state index contributed by atoms with van der Waals surface area (Å²) >= 11 is 0. The van der Waals surface area contributed by atoms with Crippen molar-refractivity contribution < 1.29 is 4.57 Å². The number of nitrogens with zero attached hydrogens (tertiary/aromatic N) is 4. The second-order valence-electron chi connectivity index (χ2n) is 14.9. The summed E-state index contributed by atoms with van der Waals surface area (Å²) in [7, 11) is 0. The van der Waals surface area contributed by atoms with Crippen LogP contribution in [0.5, 0.6) is 0 Å². The smallest absolute Gasteiger partial charge is 0.250 e. The molecule has 3 heterocycles. The van der Waals surface area contributed by atoms with Crippen LogP contribution in [0.1, 0.15) is 56.9 Å². The molecule has 49 heavy (non-hydrogen) atoms. The Hall–Kier alpha value is -5.48. The van der Waals surface area contributed by atoms with Gasteiger partial charge in [-0.1, -0.05) is 86.6 Å². The second kappa shape index (κ2) is 11.3. The number of hydrogen-bond acceptors (Lipinski definition) is 1. The first-order valence-corrected chi connectivity index (χ1v) is 17.2. The lowest BCUT2D eigenvalue weighted by Gasteiger charge is -2.26. The molecule has 0 saturated heterocycles. The molecule has 0 aliphatic rings. The molecule has 0 bridgehead atoms. The minimum absolute atomic E-state index is 0.0390. The summed E-state index contributed by atoms with van der Waals surface area (Å²) in [6, 6.07) is 44.3. The number of imidazole rings is 1. The standard InChI is InChI=1S/C45H43N4/c1-30-14-12-15-31(2)43(30)32-24-25-46-42(26-32)49-38-19-9-8-18-36(38)37-23-22-34(28-41(37)49)45(6,7)33-16-13-17-35(27-33)47-29-48(44(3,4)5)40-21-11-10-20-39(40)47/h8-29H,1-7H3/q+1. The third-order valence-corrected chi connectivity index (χ3v) is 10.3. The van der Waals surface area contributed by atoms with E-state index in [0.717, 1.165) is 22.5 Å². The molecule has 0 aliphatic carbocycles. The molecule has 0 aliphatic heterocycles. The fourth-order valence-electron chi connectivity index (χ4n) is 7.64. The van der Waals surface area contributed by atoms with E-state index in [2.05, 4.69) is 190 Å². The highest BCUT2D eigenvalue weighted by Gasteiger charge is 2.29. The van der Waals surface area contributed by atoms with Crippen LogP contribution in [0, 0.1) is 13.8 Å². The van der Waals surface area contributed by atoms with E-state index in [1.165, 1.54) is 55.2 Å². The van der Waals surface area contributed by atoms with Crippen molar-refractivity contribution in [1.82, 2.24) is 14.1 Å². The lowest BCUT2D eigenvalue weighted by Crippen LogP contribution is -2.49. The maximum absolute atomic E-state index is 4.96. The molecule has 0 unspecified atom stereocenters. The van der Waals surface area contributed by atoms with Gasteiger partial charge in [-0.15, -0.1) is 0 Å². The normalized spacial score (nSPS) is 12.4. The average molecular weight is 640 g/mol. The zero-order valence-corrected chi connectivity index (χ0v) is 29.5. The second-order valence-corrected chi connectivity index (χ2v) is 14.9. The van der Waals surface area contributed by atoms with Crippen molar-refractivity contribution in [3.05, 3.63) is 156 Å². The number of rotatable bonds is 5. The van der Waals surface area contributed by atoms with Gasteiger partial charge in [-0.25, -0.2) is 9.55 Å². The number of fused-ring (bicyclic) bond motifs is 4. The van der Waals surface area contributed by atoms with Crippen LogP contribution in [0.3, 0.4) is 0 Å². The lowest BCUT2D eigenvalue weighted by molar-refractivity contribution is -0.731. The van der Waals surface area contributed by atoms with E-state index in [1.807, 2.05) is 6.20 Å². The monoisotopic (exact) mass is 639 g/mol. The highest BCUT2D eigenvalue weighted by Crippen LogP contribution is 2.39. The molecule has 5 aromatic carbocycles. The Morgan fingerprint density at radius 1 is 0.592 bits per heavy atom. The summed E-state index contributed by atoms with van der Waals surface area (Å²) in [5.41, 5.74) is 13.1. The predicted molar refractivity (Wildman–Crippen MR) is 204 cm³/mol. The molecule has 4 nitrogen and oxygen atoms in total. The number of benzene rings is 5. The third kappa shape index (κ3) is 5.05. The Morgan fingerprint density at radius 3 is 2.04 bits per heavy atom. The number of hydrogen-bond donors (Lipinski definition) is 0. The van der Waals surface area contributed by atoms with Crippen molar-refractivity contribution in [2.24, 2.45) is 0 Å². The van der Waals surface area contributed by atoms with Gasteiger partial charge in [0.15, 0.2) is 11.0 Å². The SMILES string of the molecule is Cc1cccc(C)c1-c1ccnc(-n2c3ccccc3c3ccc(C(C)(C)c4cccc(-n5c[n+](C(C)(C)C)c6ccccc65)c4)cc32)c1. The highest BCUT2D eigenvalue weighted by atomic mass is 15.2. The van der Waals surface area contributed by atoms with Crippen molar-refractivity contribution in [1.29, 1.82) is 0 Å². The quantitative estimate of drug-likeness (QED) is 0.172. The first kappa shape index (κ1) is 30.8. The van der Waals surface area contributed by atoms with E-state index >= 15 is 0 Å². The topological polar surface area (TPSA) is 26.6 Å². The highest BCUT2D eigenvalue weighted by molar-refractivity contribution is 6.09. The van der Waals surface area contributed by atoms with E-state index < -0.39 is 0 Å². The Kier molecular flexibility index (Phi) is 7.11. The van der Waals surface area contributed by atoms with Crippen LogP contribution >= 0.6 is 0 Å². The summed E-state index contributed by atoms with van der Waals surface area (Å²) in [5.74, 6) is 0.926. The predicted octanol–water partition coefficient (Wildman–Crippen LogP) is 10.8. The molecule has 0 atom stereocenters. The van der Waals surface area contributed by atoms with E-state index in [9.17, 15) is 0 Å². The molecule has 0 amide bonds. The van der Waals surface area contributed by atoms with Gasteiger partial charge < -0.3 is 0 Å². The van der Waals surface area contributed by atoms with Crippen LogP contribution in [-0.2, 0) is 11.0 Å². The Balaban J connectivity index is 1.28. The first-order valence-electron chi connectivity index (χ1n) is 17.2. The van der Waals surface area contributed by atoms with Crippen LogP contribution in [0.2, 0.25) is 0 Å². The fourth-order valence-corrected chi connectivity index (χ4v) is 7.64. The molecule has 8 rings (SSSR count). The van der Waals surface area contributed by atoms with Gasteiger partial charge in [0.05, 0.1) is 11.0 Å². The molecule has 0 saturated carbocycles. The summed E-state index contributed by atoms with van der Waals surface area (Å²) in [5, 5.41) is 2.46. The molecular formula is C45H43N4+. The molecule has 0 fully saturated rings. The van der Waals surface area contributed by atoms with E-state index in [1.54, 1.807) is 0 Å². The van der Waals surface area contributed by atoms with Crippen molar-refractivity contribution in [2.45, 2.75) is 59.4 Å². The Morgan fingerprint density at radius 2 is 1.27 bits per heavy atom. The first-order chi connectivity index (χ1) is 23.5. The van der Waals surface area contributed by atoms with E-state index in [0.29, 0.717) is 0 Å².